The number of hydrogen-bond donors (Lipinski definition) is 0. The summed E-state index contributed by atoms with van der Waals surface area (Å²) in [5.74, 6) is 2.58. The smallest absolute Gasteiger partial charge is 0.165 e. The van der Waals surface area contributed by atoms with Gasteiger partial charge in [-0.25, -0.2) is 19.9 Å². The summed E-state index contributed by atoms with van der Waals surface area (Å²) in [5, 5.41) is 9.42. The second kappa shape index (κ2) is 11.8. The van der Waals surface area contributed by atoms with Gasteiger partial charge in [-0.05, 0) is 68.6 Å². The van der Waals surface area contributed by atoms with Crippen LogP contribution in [0, 0.1) is 0 Å². The van der Waals surface area contributed by atoms with E-state index in [4.69, 9.17) is 24.4 Å². The molecule has 0 aliphatic heterocycles. The van der Waals surface area contributed by atoms with Crippen LogP contribution < -0.4 is 0 Å². The number of rotatable bonds is 4. The van der Waals surface area contributed by atoms with E-state index in [-0.39, 0.29) is 0 Å². The third kappa shape index (κ3) is 4.42. The van der Waals surface area contributed by atoms with Crippen LogP contribution in [0.2, 0.25) is 0 Å². The lowest BCUT2D eigenvalue weighted by atomic mass is 9.91. The molecule has 6 heteroatoms. The molecule has 1 aliphatic rings. The van der Waals surface area contributed by atoms with Gasteiger partial charge in [0.05, 0.1) is 11.0 Å². The molecule has 4 heterocycles. The first-order valence-electron chi connectivity index (χ1n) is 19.5. The lowest BCUT2D eigenvalue weighted by Crippen LogP contribution is -2.02. The maximum atomic E-state index is 6.67. The number of nitrogens with zero attached hydrogens (tertiary/aromatic N) is 5. The van der Waals surface area contributed by atoms with E-state index in [1.807, 2.05) is 42.6 Å². The molecule has 0 fully saturated rings. The van der Waals surface area contributed by atoms with Crippen LogP contribution in [-0.4, -0.2) is 24.5 Å². The Morgan fingerprint density at radius 1 is 0.397 bits per heavy atom. The van der Waals surface area contributed by atoms with Crippen LogP contribution in [0.5, 0.6) is 0 Å². The summed E-state index contributed by atoms with van der Waals surface area (Å²) in [4.78, 5) is 20.2. The van der Waals surface area contributed by atoms with Crippen LogP contribution in [0.3, 0.4) is 0 Å². The quantitative estimate of drug-likeness (QED) is 0.180. The molecule has 13 rings (SSSR count). The van der Waals surface area contributed by atoms with Gasteiger partial charge in [0.15, 0.2) is 17.5 Å². The fraction of sp³-hybridized carbons (Fsp3) is 0. The minimum atomic E-state index is 0.561. The highest BCUT2D eigenvalue weighted by Gasteiger charge is 2.28. The average molecular weight is 740 g/mol. The fourth-order valence-corrected chi connectivity index (χ4v) is 9.25. The minimum absolute atomic E-state index is 0.561. The Balaban J connectivity index is 1.06. The number of benzene rings is 8. The van der Waals surface area contributed by atoms with Gasteiger partial charge in [-0.15, -0.1) is 0 Å². The highest BCUT2D eigenvalue weighted by molar-refractivity contribution is 6.35. The molecule has 4 aromatic heterocycles. The molecule has 58 heavy (non-hydrogen) atoms. The highest BCUT2D eigenvalue weighted by Crippen LogP contribution is 2.53. The summed E-state index contributed by atoms with van der Waals surface area (Å²) >= 11 is 0. The van der Waals surface area contributed by atoms with Crippen molar-refractivity contribution in [3.63, 3.8) is 0 Å². The number of furan rings is 1. The number of pyridine rings is 1. The molecular formula is C52H29N5O. The zero-order chi connectivity index (χ0) is 37.9. The van der Waals surface area contributed by atoms with Crippen molar-refractivity contribution < 1.29 is 4.42 Å². The minimum Gasteiger partial charge on any atom is -0.456 e. The Bertz CT molecular complexity index is 3680. The molecule has 8 aromatic carbocycles. The normalized spacial score (nSPS) is 12.1. The predicted molar refractivity (Wildman–Crippen MR) is 235 cm³/mol. The monoisotopic (exact) mass is 739 g/mol. The molecule has 1 aliphatic carbocycles. The number of para-hydroxylation sites is 1. The summed E-state index contributed by atoms with van der Waals surface area (Å²) < 4.78 is 8.96. The van der Waals surface area contributed by atoms with Gasteiger partial charge in [-0.1, -0.05) is 133 Å². The molecular weight excluding hydrogens is 711 g/mol. The van der Waals surface area contributed by atoms with Crippen LogP contribution in [0.1, 0.15) is 0 Å². The van der Waals surface area contributed by atoms with E-state index in [0.717, 1.165) is 60.9 Å². The molecule has 0 atom stereocenters. The van der Waals surface area contributed by atoms with Gasteiger partial charge in [-0.3, -0.25) is 4.57 Å². The second-order valence-corrected chi connectivity index (χ2v) is 15.0. The Labute approximate surface area is 331 Å². The zero-order valence-corrected chi connectivity index (χ0v) is 30.9. The summed E-state index contributed by atoms with van der Waals surface area (Å²) in [6.45, 7) is 0. The van der Waals surface area contributed by atoms with E-state index in [1.165, 1.54) is 49.2 Å². The molecule has 12 aromatic rings. The molecule has 0 N–H and O–H groups in total. The lowest BCUT2D eigenvalue weighted by Gasteiger charge is -2.14. The van der Waals surface area contributed by atoms with Crippen LogP contribution in [0.4, 0.5) is 0 Å². The topological polar surface area (TPSA) is 69.6 Å². The maximum absolute atomic E-state index is 6.67. The first kappa shape index (κ1) is 31.3. The number of fused-ring (bicyclic) bond motifs is 8. The van der Waals surface area contributed by atoms with Gasteiger partial charge in [0.1, 0.15) is 17.0 Å². The third-order valence-electron chi connectivity index (χ3n) is 11.8. The Morgan fingerprint density at radius 2 is 1.09 bits per heavy atom. The van der Waals surface area contributed by atoms with Crippen LogP contribution in [0.25, 0.3) is 128 Å². The predicted octanol–water partition coefficient (Wildman–Crippen LogP) is 13.2. The lowest BCUT2D eigenvalue weighted by molar-refractivity contribution is 0.669. The molecule has 0 amide bonds. The van der Waals surface area contributed by atoms with Crippen molar-refractivity contribution in [1.29, 1.82) is 0 Å². The SMILES string of the molecule is c1ccc(-c2nc(-c3ccc(-n4c5cc6oc7ccccc7c6c6c5c5c7c(cccc7ccc54)-c4ccccc4-6)nc3)nc(-c3ccc4ccccc4c3)n2)cc1. The van der Waals surface area contributed by atoms with Crippen LogP contribution >= 0.6 is 0 Å². The van der Waals surface area contributed by atoms with Gasteiger partial charge < -0.3 is 4.42 Å². The van der Waals surface area contributed by atoms with E-state index < -0.39 is 0 Å². The van der Waals surface area contributed by atoms with Crippen molar-refractivity contribution >= 4 is 65.3 Å². The Kier molecular flexibility index (Phi) is 6.35. The number of aromatic nitrogens is 5. The zero-order valence-electron chi connectivity index (χ0n) is 30.9. The van der Waals surface area contributed by atoms with E-state index in [2.05, 4.69) is 138 Å². The summed E-state index contributed by atoms with van der Waals surface area (Å²) in [6.07, 6.45) is 1.88. The van der Waals surface area contributed by atoms with Crippen molar-refractivity contribution in [2.45, 2.75) is 0 Å². The standard InChI is InChI=1S/C52H29N5O/c1-2-12-32(13-3-1)50-54-51(34-22-21-30-11-4-5-14-33(30)27-34)56-52(55-50)35-24-26-44(53-29-35)57-40-25-23-31-15-10-19-37-36-16-6-7-17-38(36)47-46-39-18-8-9-20-42(39)58-43(46)28-41(57)49(47)48(40)45(31)37/h1-29H. The van der Waals surface area contributed by atoms with Crippen LogP contribution in [0.15, 0.2) is 180 Å². The molecule has 0 radical (unpaired) electrons. The van der Waals surface area contributed by atoms with Crippen molar-refractivity contribution in [1.82, 2.24) is 24.5 Å². The summed E-state index contributed by atoms with van der Waals surface area (Å²) in [7, 11) is 0. The van der Waals surface area contributed by atoms with Crippen molar-refractivity contribution in [2.24, 2.45) is 0 Å². The fourth-order valence-electron chi connectivity index (χ4n) is 9.25. The van der Waals surface area contributed by atoms with E-state index in [9.17, 15) is 0 Å². The van der Waals surface area contributed by atoms with Gasteiger partial charge >= 0.3 is 0 Å². The maximum Gasteiger partial charge on any atom is 0.165 e. The highest BCUT2D eigenvalue weighted by atomic mass is 16.3. The third-order valence-corrected chi connectivity index (χ3v) is 11.8. The largest absolute Gasteiger partial charge is 0.456 e. The number of hydrogen-bond acceptors (Lipinski definition) is 5. The van der Waals surface area contributed by atoms with E-state index >= 15 is 0 Å². The molecule has 0 bridgehead atoms. The Hall–Kier alpha value is -7.96. The van der Waals surface area contributed by atoms with Gasteiger partial charge in [-0.2, -0.15) is 0 Å². The van der Waals surface area contributed by atoms with Crippen molar-refractivity contribution in [3.8, 4) is 62.2 Å². The average Bonchev–Trinajstić information content (AvgIpc) is 3.79. The molecule has 0 spiro atoms. The van der Waals surface area contributed by atoms with Gasteiger partial charge in [0.2, 0.25) is 0 Å². The Morgan fingerprint density at radius 3 is 1.95 bits per heavy atom. The van der Waals surface area contributed by atoms with E-state index in [1.54, 1.807) is 0 Å². The molecule has 0 saturated carbocycles. The molecule has 0 unspecified atom stereocenters. The van der Waals surface area contributed by atoms with Crippen molar-refractivity contribution in [2.75, 3.05) is 0 Å². The molecule has 268 valence electrons. The van der Waals surface area contributed by atoms with Crippen LogP contribution in [-0.2, 0) is 0 Å². The van der Waals surface area contributed by atoms with Gasteiger partial charge in [0, 0.05) is 56.1 Å². The first-order valence-corrected chi connectivity index (χ1v) is 19.5. The molecule has 0 saturated heterocycles. The summed E-state index contributed by atoms with van der Waals surface area (Å²) in [6, 6.07) is 59.4. The second-order valence-electron chi connectivity index (χ2n) is 15.0. The first-order chi connectivity index (χ1) is 28.7. The van der Waals surface area contributed by atoms with E-state index in [0.29, 0.717) is 17.5 Å². The summed E-state index contributed by atoms with van der Waals surface area (Å²) in [5.41, 5.74) is 11.3. The molecule has 6 nitrogen and oxygen atoms in total. The van der Waals surface area contributed by atoms with Gasteiger partial charge in [0.25, 0.3) is 0 Å². The van der Waals surface area contributed by atoms with Crippen molar-refractivity contribution in [3.05, 3.63) is 176 Å².